The molecule has 3 heterocycles. The van der Waals surface area contributed by atoms with Crippen LogP contribution >= 0.6 is 34.7 Å². The van der Waals surface area contributed by atoms with Gasteiger partial charge in [-0.2, -0.15) is 4.98 Å². The highest BCUT2D eigenvalue weighted by Gasteiger charge is 2.16. The van der Waals surface area contributed by atoms with Crippen LogP contribution in [0.5, 0.6) is 0 Å². The maximum atomic E-state index is 6.04. The van der Waals surface area contributed by atoms with Gasteiger partial charge in [0.1, 0.15) is 0 Å². The lowest BCUT2D eigenvalue weighted by Gasteiger charge is -2.07. The van der Waals surface area contributed by atoms with Crippen molar-refractivity contribution in [3.8, 4) is 22.2 Å². The predicted molar refractivity (Wildman–Crippen MR) is 113 cm³/mol. The maximum Gasteiger partial charge on any atom is 0.258 e. The van der Waals surface area contributed by atoms with Crippen molar-refractivity contribution < 1.29 is 4.52 Å². The molecule has 0 saturated carbocycles. The average molecular weight is 432 g/mol. The van der Waals surface area contributed by atoms with Gasteiger partial charge in [-0.1, -0.05) is 54.0 Å². The number of hydrogen-bond donors (Lipinski definition) is 0. The summed E-state index contributed by atoms with van der Waals surface area (Å²) in [5.41, 5.74) is 0.808. The molecule has 0 amide bonds. The average Bonchev–Trinajstić information content (AvgIpc) is 3.45. The molecule has 0 unspecified atom stereocenters. The zero-order valence-corrected chi connectivity index (χ0v) is 17.6. The molecule has 0 N–H and O–H groups in total. The monoisotopic (exact) mass is 431 g/mol. The highest BCUT2D eigenvalue weighted by atomic mass is 35.5. The van der Waals surface area contributed by atoms with E-state index < -0.39 is 0 Å². The minimum absolute atomic E-state index is 0.463. The van der Waals surface area contributed by atoms with Crippen molar-refractivity contribution in [2.45, 2.75) is 37.2 Å². The Hall–Kier alpha value is -2.16. The number of halogens is 1. The zero-order chi connectivity index (χ0) is 19.3. The van der Waals surface area contributed by atoms with E-state index in [-0.39, 0.29) is 0 Å². The first kappa shape index (κ1) is 19.2. The van der Waals surface area contributed by atoms with Crippen LogP contribution < -0.4 is 0 Å². The summed E-state index contributed by atoms with van der Waals surface area (Å²) in [5, 5.41) is 16.4. The molecule has 4 aromatic rings. The highest BCUT2D eigenvalue weighted by molar-refractivity contribution is 7.98. The first-order valence-electron chi connectivity index (χ1n) is 8.93. The molecule has 0 fully saturated rings. The fraction of sp³-hybridized carbons (Fsp3) is 0.263. The molecule has 0 saturated heterocycles. The van der Waals surface area contributed by atoms with Crippen LogP contribution in [0.25, 0.3) is 22.2 Å². The molecule has 0 radical (unpaired) electrons. The van der Waals surface area contributed by atoms with Crippen LogP contribution in [0.1, 0.15) is 25.6 Å². The Morgan fingerprint density at radius 1 is 1.21 bits per heavy atom. The number of benzene rings is 1. The Kier molecular flexibility index (Phi) is 6.09. The van der Waals surface area contributed by atoms with E-state index >= 15 is 0 Å². The molecule has 28 heavy (non-hydrogen) atoms. The fourth-order valence-corrected chi connectivity index (χ4v) is 4.40. The minimum atomic E-state index is 0.463. The second kappa shape index (κ2) is 8.89. The first-order valence-corrected chi connectivity index (χ1v) is 11.2. The topological polar surface area (TPSA) is 69.6 Å². The Bertz CT molecular complexity index is 1040. The van der Waals surface area contributed by atoms with Gasteiger partial charge in [0.05, 0.1) is 10.6 Å². The second-order valence-corrected chi connectivity index (χ2v) is 8.43. The number of thiophene rings is 1. The molecule has 0 aliphatic rings. The molecule has 6 nitrogen and oxygen atoms in total. The largest absolute Gasteiger partial charge is 0.334 e. The van der Waals surface area contributed by atoms with E-state index in [1.807, 2.05) is 24.3 Å². The lowest BCUT2D eigenvalue weighted by atomic mass is 10.2. The van der Waals surface area contributed by atoms with Crippen LogP contribution in [0.4, 0.5) is 0 Å². The van der Waals surface area contributed by atoms with E-state index in [4.69, 9.17) is 16.1 Å². The number of thioether (sulfide) groups is 1. The summed E-state index contributed by atoms with van der Waals surface area (Å²) >= 11 is 9.27. The molecular formula is C19H18ClN5OS2. The fourth-order valence-electron chi connectivity index (χ4n) is 2.68. The predicted octanol–water partition coefficient (Wildman–Crippen LogP) is 5.80. The molecule has 1 aromatic carbocycles. The van der Waals surface area contributed by atoms with Gasteiger partial charge < -0.3 is 9.09 Å². The molecule has 4 rings (SSSR count). The standard InChI is InChI=1S/C19H18ClN5OS2/c1-2-3-9-25-17(15-8-5-10-27-15)22-23-19(25)28-12-16-21-18(26-24-16)13-6-4-7-14(20)11-13/h4-8,10-11H,2-3,9,12H2,1H3. The van der Waals surface area contributed by atoms with Crippen LogP contribution in [0.2, 0.25) is 5.02 Å². The van der Waals surface area contributed by atoms with Crippen molar-refractivity contribution in [3.05, 3.63) is 52.6 Å². The summed E-state index contributed by atoms with van der Waals surface area (Å²) in [6.07, 6.45) is 2.19. The van der Waals surface area contributed by atoms with Crippen LogP contribution in [0.15, 0.2) is 51.5 Å². The van der Waals surface area contributed by atoms with Gasteiger partial charge in [-0.25, -0.2) is 0 Å². The number of nitrogens with zero attached hydrogens (tertiary/aromatic N) is 5. The lowest BCUT2D eigenvalue weighted by Crippen LogP contribution is -2.02. The van der Waals surface area contributed by atoms with Gasteiger partial charge in [-0.3, -0.25) is 0 Å². The number of unbranched alkanes of at least 4 members (excludes halogenated alkanes) is 1. The third kappa shape index (κ3) is 4.29. The van der Waals surface area contributed by atoms with Crippen LogP contribution in [-0.4, -0.2) is 24.9 Å². The molecule has 0 aliphatic carbocycles. The van der Waals surface area contributed by atoms with Crippen LogP contribution in [0, 0.1) is 0 Å². The van der Waals surface area contributed by atoms with E-state index in [0.29, 0.717) is 22.5 Å². The second-order valence-electron chi connectivity index (χ2n) is 6.10. The quantitative estimate of drug-likeness (QED) is 0.328. The third-order valence-corrected chi connectivity index (χ3v) is 6.13. The summed E-state index contributed by atoms with van der Waals surface area (Å²) in [5.74, 6) is 2.55. The SMILES string of the molecule is CCCCn1c(SCc2noc(-c3cccc(Cl)c3)n2)nnc1-c1cccs1. The highest BCUT2D eigenvalue weighted by Crippen LogP contribution is 2.29. The van der Waals surface area contributed by atoms with Crippen molar-refractivity contribution in [2.24, 2.45) is 0 Å². The summed E-state index contributed by atoms with van der Waals surface area (Å²) < 4.78 is 7.56. The van der Waals surface area contributed by atoms with Crippen molar-refractivity contribution in [2.75, 3.05) is 0 Å². The van der Waals surface area contributed by atoms with Crippen LogP contribution in [0.3, 0.4) is 0 Å². The van der Waals surface area contributed by atoms with Crippen molar-refractivity contribution in [1.29, 1.82) is 0 Å². The Labute approximate surface area is 176 Å². The molecule has 0 bridgehead atoms. The van der Waals surface area contributed by atoms with Crippen molar-refractivity contribution in [1.82, 2.24) is 24.9 Å². The zero-order valence-electron chi connectivity index (χ0n) is 15.2. The van der Waals surface area contributed by atoms with Gasteiger partial charge >= 0.3 is 0 Å². The number of rotatable bonds is 8. The Balaban J connectivity index is 1.51. The smallest absolute Gasteiger partial charge is 0.258 e. The summed E-state index contributed by atoms with van der Waals surface area (Å²) in [7, 11) is 0. The summed E-state index contributed by atoms with van der Waals surface area (Å²) in [6, 6.07) is 11.5. The molecule has 9 heteroatoms. The van der Waals surface area contributed by atoms with Gasteiger partial charge in [0, 0.05) is 17.1 Å². The third-order valence-electron chi connectivity index (χ3n) is 4.06. The number of aromatic nitrogens is 5. The van der Waals surface area contributed by atoms with Gasteiger partial charge in [-0.05, 0) is 36.1 Å². The minimum Gasteiger partial charge on any atom is -0.334 e. The van der Waals surface area contributed by atoms with E-state index in [9.17, 15) is 0 Å². The first-order chi connectivity index (χ1) is 13.7. The number of hydrogen-bond acceptors (Lipinski definition) is 7. The molecule has 0 atom stereocenters. The lowest BCUT2D eigenvalue weighted by molar-refractivity contribution is 0.425. The van der Waals surface area contributed by atoms with Gasteiger partial charge in [0.15, 0.2) is 16.8 Å². The van der Waals surface area contributed by atoms with Crippen molar-refractivity contribution in [3.63, 3.8) is 0 Å². The van der Waals surface area contributed by atoms with Gasteiger partial charge in [0.2, 0.25) is 0 Å². The van der Waals surface area contributed by atoms with E-state index in [0.717, 1.165) is 40.8 Å². The van der Waals surface area contributed by atoms with Gasteiger partial charge in [-0.15, -0.1) is 21.5 Å². The molecule has 0 aliphatic heterocycles. The molecular weight excluding hydrogens is 414 g/mol. The Morgan fingerprint density at radius 2 is 2.14 bits per heavy atom. The molecule has 144 valence electrons. The van der Waals surface area contributed by atoms with Crippen LogP contribution in [-0.2, 0) is 12.3 Å². The summed E-state index contributed by atoms with van der Waals surface area (Å²) in [4.78, 5) is 5.60. The molecule has 3 aromatic heterocycles. The molecule has 0 spiro atoms. The van der Waals surface area contributed by atoms with E-state index in [2.05, 4.69) is 43.3 Å². The van der Waals surface area contributed by atoms with Gasteiger partial charge in [0.25, 0.3) is 5.89 Å². The Morgan fingerprint density at radius 3 is 2.93 bits per heavy atom. The maximum absolute atomic E-state index is 6.04. The summed E-state index contributed by atoms with van der Waals surface area (Å²) in [6.45, 7) is 3.07. The van der Waals surface area contributed by atoms with E-state index in [1.54, 1.807) is 29.2 Å². The normalized spacial score (nSPS) is 11.2. The van der Waals surface area contributed by atoms with E-state index in [1.165, 1.54) is 0 Å². The van der Waals surface area contributed by atoms with Crippen molar-refractivity contribution >= 4 is 34.7 Å².